The Balaban J connectivity index is 1.22. The maximum absolute atomic E-state index is 13.1. The van der Waals surface area contributed by atoms with Gasteiger partial charge in [-0.25, -0.2) is 8.42 Å². The highest BCUT2D eigenvalue weighted by atomic mass is 32.2. The van der Waals surface area contributed by atoms with Crippen LogP contribution in [0.5, 0.6) is 5.75 Å². The third kappa shape index (κ3) is 5.49. The first-order chi connectivity index (χ1) is 18.3. The molecule has 5 rings (SSSR count). The average Bonchev–Trinajstić information content (AvgIpc) is 2.93. The molecule has 0 radical (unpaired) electrons. The maximum Gasteiger partial charge on any atom is 0.264 e. The number of pyridine rings is 1. The lowest BCUT2D eigenvalue weighted by Crippen LogP contribution is -2.47. The number of aromatic nitrogens is 1. The van der Waals surface area contributed by atoms with E-state index in [4.69, 9.17) is 4.74 Å². The SMILES string of the molecule is COc1cccc(CC2(O)CCN(C(=O)c3ccc(NS(=O)(=O)c4cccc5cccnc45)cc3)CC2)c1. The molecule has 1 fully saturated rings. The number of methoxy groups -OCH3 is 1. The number of likely N-dealkylation sites (tertiary alicyclic amines) is 1. The summed E-state index contributed by atoms with van der Waals surface area (Å²) in [6.07, 6.45) is 2.98. The van der Waals surface area contributed by atoms with Crippen LogP contribution in [-0.2, 0) is 16.4 Å². The fourth-order valence-corrected chi connectivity index (χ4v) is 6.07. The highest BCUT2D eigenvalue weighted by Gasteiger charge is 2.34. The molecule has 1 aliphatic heterocycles. The molecule has 0 bridgehead atoms. The smallest absolute Gasteiger partial charge is 0.264 e. The number of hydrogen-bond donors (Lipinski definition) is 2. The lowest BCUT2D eigenvalue weighted by Gasteiger charge is -2.38. The van der Waals surface area contributed by atoms with Crippen molar-refractivity contribution >= 4 is 32.5 Å². The molecule has 1 aromatic heterocycles. The number of benzene rings is 3. The molecule has 0 atom stereocenters. The second-order valence-electron chi connectivity index (χ2n) is 9.56. The number of nitrogens with one attached hydrogen (secondary N) is 1. The van der Waals surface area contributed by atoms with E-state index >= 15 is 0 Å². The maximum atomic E-state index is 13.1. The van der Waals surface area contributed by atoms with Crippen LogP contribution in [0.1, 0.15) is 28.8 Å². The normalized spacial score (nSPS) is 15.3. The van der Waals surface area contributed by atoms with Crippen molar-refractivity contribution in [1.29, 1.82) is 0 Å². The largest absolute Gasteiger partial charge is 0.497 e. The number of carbonyl (C=O) groups excluding carboxylic acids is 1. The van der Waals surface area contributed by atoms with Gasteiger partial charge in [0.2, 0.25) is 0 Å². The third-order valence-corrected chi connectivity index (χ3v) is 8.33. The van der Waals surface area contributed by atoms with Crippen LogP contribution < -0.4 is 9.46 Å². The van der Waals surface area contributed by atoms with Crippen molar-refractivity contribution in [2.24, 2.45) is 0 Å². The van der Waals surface area contributed by atoms with Crippen LogP contribution in [0.15, 0.2) is 90.0 Å². The van der Waals surface area contributed by atoms with Gasteiger partial charge in [-0.15, -0.1) is 0 Å². The van der Waals surface area contributed by atoms with E-state index in [1.807, 2.05) is 36.4 Å². The number of carbonyl (C=O) groups is 1. The molecule has 0 saturated carbocycles. The lowest BCUT2D eigenvalue weighted by atomic mass is 9.85. The molecule has 4 aromatic rings. The lowest BCUT2D eigenvalue weighted by molar-refractivity contribution is -0.0162. The number of sulfonamides is 1. The van der Waals surface area contributed by atoms with Crippen molar-refractivity contribution in [2.75, 3.05) is 24.9 Å². The number of amides is 1. The molecule has 196 valence electrons. The van der Waals surface area contributed by atoms with Crippen molar-refractivity contribution in [3.05, 3.63) is 96.2 Å². The molecule has 2 N–H and O–H groups in total. The first-order valence-corrected chi connectivity index (χ1v) is 13.9. The van der Waals surface area contributed by atoms with E-state index in [9.17, 15) is 18.3 Å². The number of nitrogens with zero attached hydrogens (tertiary/aromatic N) is 2. The molecule has 3 aromatic carbocycles. The Hall–Kier alpha value is -3.95. The zero-order valence-corrected chi connectivity index (χ0v) is 21.8. The van der Waals surface area contributed by atoms with E-state index in [0.29, 0.717) is 49.1 Å². The molecule has 9 heteroatoms. The standard InChI is InChI=1S/C29H29N3O5S/c1-37-25-8-2-5-21(19-25)20-29(34)14-17-32(18-15-29)28(33)23-10-12-24(13-11-23)31-38(35,36)26-9-3-6-22-7-4-16-30-27(22)26/h2-13,16,19,31,34H,14-15,17-18,20H2,1H3. The van der Waals surface area contributed by atoms with Gasteiger partial charge in [-0.05, 0) is 66.9 Å². The topological polar surface area (TPSA) is 109 Å². The summed E-state index contributed by atoms with van der Waals surface area (Å²) in [5, 5.41) is 11.8. The minimum Gasteiger partial charge on any atom is -0.497 e. The van der Waals surface area contributed by atoms with E-state index < -0.39 is 15.6 Å². The molecular weight excluding hydrogens is 502 g/mol. The number of piperidine rings is 1. The molecule has 0 unspecified atom stereocenters. The van der Waals surface area contributed by atoms with Crippen molar-refractivity contribution in [3.8, 4) is 5.75 Å². The number of aliphatic hydroxyl groups is 1. The zero-order valence-electron chi connectivity index (χ0n) is 21.0. The van der Waals surface area contributed by atoms with Gasteiger partial charge in [0.05, 0.1) is 18.2 Å². The van der Waals surface area contributed by atoms with Gasteiger partial charge in [-0.1, -0.05) is 30.3 Å². The van der Waals surface area contributed by atoms with Gasteiger partial charge in [0.15, 0.2) is 0 Å². The van der Waals surface area contributed by atoms with Crippen LogP contribution in [-0.4, -0.2) is 55.1 Å². The summed E-state index contributed by atoms with van der Waals surface area (Å²) in [6, 6.07) is 22.6. The summed E-state index contributed by atoms with van der Waals surface area (Å²) >= 11 is 0. The van der Waals surface area contributed by atoms with Crippen LogP contribution >= 0.6 is 0 Å². The predicted octanol–water partition coefficient (Wildman–Crippen LogP) is 4.25. The van der Waals surface area contributed by atoms with Gasteiger partial charge >= 0.3 is 0 Å². The second kappa shape index (κ2) is 10.4. The quantitative estimate of drug-likeness (QED) is 0.369. The van der Waals surface area contributed by atoms with Crippen LogP contribution in [0.25, 0.3) is 10.9 Å². The highest BCUT2D eigenvalue weighted by Crippen LogP contribution is 2.29. The van der Waals surface area contributed by atoms with Crippen LogP contribution in [0, 0.1) is 0 Å². The number of anilines is 1. The Kier molecular flexibility index (Phi) is 7.05. The molecule has 1 amide bonds. The van der Waals surface area contributed by atoms with Crippen molar-refractivity contribution in [3.63, 3.8) is 0 Å². The Morgan fingerprint density at radius 3 is 2.47 bits per heavy atom. The molecule has 0 spiro atoms. The van der Waals surface area contributed by atoms with E-state index in [2.05, 4.69) is 9.71 Å². The van der Waals surface area contributed by atoms with Gasteiger partial charge in [0.25, 0.3) is 15.9 Å². The van der Waals surface area contributed by atoms with E-state index in [0.717, 1.165) is 16.7 Å². The van der Waals surface area contributed by atoms with Gasteiger partial charge in [-0.3, -0.25) is 14.5 Å². The minimum atomic E-state index is -3.88. The fourth-order valence-electron chi connectivity index (χ4n) is 4.83. The van der Waals surface area contributed by atoms with Crippen LogP contribution in [0.4, 0.5) is 5.69 Å². The summed E-state index contributed by atoms with van der Waals surface area (Å²) < 4.78 is 34.0. The van der Waals surface area contributed by atoms with Gasteiger partial charge in [0.1, 0.15) is 10.6 Å². The number of ether oxygens (including phenoxy) is 1. The predicted molar refractivity (Wildman–Crippen MR) is 146 cm³/mol. The molecule has 1 aliphatic rings. The molecule has 0 aliphatic carbocycles. The molecule has 38 heavy (non-hydrogen) atoms. The first-order valence-electron chi connectivity index (χ1n) is 12.4. The van der Waals surface area contributed by atoms with Crippen LogP contribution in [0.3, 0.4) is 0 Å². The molecule has 2 heterocycles. The average molecular weight is 532 g/mol. The second-order valence-corrected chi connectivity index (χ2v) is 11.2. The van der Waals surface area contributed by atoms with E-state index in [1.54, 1.807) is 54.6 Å². The monoisotopic (exact) mass is 531 g/mol. The van der Waals surface area contributed by atoms with Gasteiger partial charge < -0.3 is 14.7 Å². The summed E-state index contributed by atoms with van der Waals surface area (Å²) in [4.78, 5) is 19.1. The summed E-state index contributed by atoms with van der Waals surface area (Å²) in [7, 11) is -2.27. The Morgan fingerprint density at radius 1 is 1.03 bits per heavy atom. The first kappa shape index (κ1) is 25.7. The summed E-state index contributed by atoms with van der Waals surface area (Å²) in [5.41, 5.74) is 1.30. The Morgan fingerprint density at radius 2 is 1.74 bits per heavy atom. The van der Waals surface area contributed by atoms with Gasteiger partial charge in [0, 0.05) is 42.3 Å². The Labute approximate surface area is 222 Å². The van der Waals surface area contributed by atoms with Crippen molar-refractivity contribution < 1.29 is 23.1 Å². The molecule has 8 nitrogen and oxygen atoms in total. The number of fused-ring (bicyclic) bond motifs is 1. The zero-order chi connectivity index (χ0) is 26.8. The third-order valence-electron chi connectivity index (χ3n) is 6.92. The Bertz CT molecular complexity index is 1560. The summed E-state index contributed by atoms with van der Waals surface area (Å²) in [6.45, 7) is 0.865. The minimum absolute atomic E-state index is 0.0884. The number of para-hydroxylation sites is 1. The van der Waals surface area contributed by atoms with E-state index in [1.165, 1.54) is 6.07 Å². The molecular formula is C29H29N3O5S. The van der Waals surface area contributed by atoms with Gasteiger partial charge in [-0.2, -0.15) is 0 Å². The van der Waals surface area contributed by atoms with Crippen molar-refractivity contribution in [1.82, 2.24) is 9.88 Å². The summed E-state index contributed by atoms with van der Waals surface area (Å²) in [5.74, 6) is 0.597. The molecule has 1 saturated heterocycles. The fraction of sp³-hybridized carbons (Fsp3) is 0.241. The van der Waals surface area contributed by atoms with E-state index in [-0.39, 0.29) is 10.8 Å². The number of hydrogen-bond acceptors (Lipinski definition) is 6. The highest BCUT2D eigenvalue weighted by molar-refractivity contribution is 7.93. The van der Waals surface area contributed by atoms with Crippen LogP contribution in [0.2, 0.25) is 0 Å². The van der Waals surface area contributed by atoms with Crippen molar-refractivity contribution in [2.45, 2.75) is 29.8 Å². The number of rotatable bonds is 7.